The summed E-state index contributed by atoms with van der Waals surface area (Å²) in [6, 6.07) is 8.23. The largest absolute Gasteiger partial charge is 0.327 e. The molecule has 0 fully saturated rings. The van der Waals surface area contributed by atoms with Crippen molar-refractivity contribution in [2.24, 2.45) is 5.73 Å². The van der Waals surface area contributed by atoms with Crippen LogP contribution in [0.4, 0.5) is 0 Å². The maximum absolute atomic E-state index is 6.00. The van der Waals surface area contributed by atoms with Gasteiger partial charge in [0.2, 0.25) is 0 Å². The van der Waals surface area contributed by atoms with Crippen molar-refractivity contribution in [2.75, 3.05) is 0 Å². The van der Waals surface area contributed by atoms with Gasteiger partial charge in [-0.2, -0.15) is 0 Å². The summed E-state index contributed by atoms with van der Waals surface area (Å²) >= 11 is 5.80. The van der Waals surface area contributed by atoms with Crippen molar-refractivity contribution in [1.82, 2.24) is 0 Å². The van der Waals surface area contributed by atoms with Crippen molar-refractivity contribution in [2.45, 2.75) is 38.6 Å². The maximum Gasteiger partial charge on any atom is 0.0406 e. The molecular weight excluding hydrogens is 194 g/mol. The summed E-state index contributed by atoms with van der Waals surface area (Å²) < 4.78 is 0. The van der Waals surface area contributed by atoms with Crippen LogP contribution in [0.5, 0.6) is 0 Å². The summed E-state index contributed by atoms with van der Waals surface area (Å²) in [5.74, 6) is 0. The number of hydrogen-bond donors (Lipinski definition) is 1. The molecule has 0 spiro atoms. The van der Waals surface area contributed by atoms with Crippen LogP contribution in [0.3, 0.4) is 0 Å². The minimum Gasteiger partial charge on any atom is -0.327 e. The Labute approximate surface area is 91.3 Å². The Bertz CT molecular complexity index is 256. The zero-order chi connectivity index (χ0) is 10.4. The summed E-state index contributed by atoms with van der Waals surface area (Å²) in [5.41, 5.74) is 7.27. The van der Waals surface area contributed by atoms with Crippen molar-refractivity contribution in [3.63, 3.8) is 0 Å². The van der Waals surface area contributed by atoms with Gasteiger partial charge in [-0.15, -0.1) is 0 Å². The molecule has 1 aromatic rings. The van der Waals surface area contributed by atoms with Crippen LogP contribution in [-0.4, -0.2) is 6.04 Å². The molecule has 0 bridgehead atoms. The molecule has 0 saturated heterocycles. The first-order valence-electron chi connectivity index (χ1n) is 5.22. The predicted octanol–water partition coefficient (Wildman–Crippen LogP) is 3.40. The Morgan fingerprint density at radius 2 is 1.93 bits per heavy atom. The van der Waals surface area contributed by atoms with E-state index >= 15 is 0 Å². The van der Waals surface area contributed by atoms with Crippen LogP contribution >= 0.6 is 11.6 Å². The third-order valence-electron chi connectivity index (χ3n) is 2.34. The SMILES string of the molecule is CCCCC(N)Cc1ccc(Cl)cc1. The molecule has 78 valence electrons. The van der Waals surface area contributed by atoms with Gasteiger partial charge in [0.05, 0.1) is 0 Å². The molecule has 0 saturated carbocycles. The lowest BCUT2D eigenvalue weighted by molar-refractivity contribution is 0.574. The van der Waals surface area contributed by atoms with E-state index in [4.69, 9.17) is 17.3 Å². The highest BCUT2D eigenvalue weighted by atomic mass is 35.5. The highest BCUT2D eigenvalue weighted by Crippen LogP contribution is 2.12. The zero-order valence-corrected chi connectivity index (χ0v) is 9.43. The third-order valence-corrected chi connectivity index (χ3v) is 2.59. The normalized spacial score (nSPS) is 12.8. The fourth-order valence-electron chi connectivity index (χ4n) is 1.49. The van der Waals surface area contributed by atoms with Gasteiger partial charge in [-0.25, -0.2) is 0 Å². The maximum atomic E-state index is 6.00. The van der Waals surface area contributed by atoms with Crippen molar-refractivity contribution in [1.29, 1.82) is 0 Å². The molecule has 0 aliphatic carbocycles. The average molecular weight is 212 g/mol. The molecule has 1 rings (SSSR count). The average Bonchev–Trinajstić information content (AvgIpc) is 2.18. The van der Waals surface area contributed by atoms with Gasteiger partial charge in [0, 0.05) is 11.1 Å². The van der Waals surface area contributed by atoms with Crippen molar-refractivity contribution in [3.8, 4) is 0 Å². The van der Waals surface area contributed by atoms with Crippen LogP contribution in [-0.2, 0) is 6.42 Å². The first kappa shape index (κ1) is 11.5. The van der Waals surface area contributed by atoms with E-state index in [2.05, 4.69) is 6.92 Å². The highest BCUT2D eigenvalue weighted by Gasteiger charge is 2.02. The van der Waals surface area contributed by atoms with E-state index in [0.717, 1.165) is 17.9 Å². The monoisotopic (exact) mass is 211 g/mol. The molecule has 0 heterocycles. The summed E-state index contributed by atoms with van der Waals surface area (Å²) in [4.78, 5) is 0. The quantitative estimate of drug-likeness (QED) is 0.794. The summed E-state index contributed by atoms with van der Waals surface area (Å²) in [5, 5.41) is 0.788. The van der Waals surface area contributed by atoms with E-state index in [1.54, 1.807) is 0 Å². The van der Waals surface area contributed by atoms with Crippen LogP contribution in [0.15, 0.2) is 24.3 Å². The Hall–Kier alpha value is -0.530. The van der Waals surface area contributed by atoms with E-state index < -0.39 is 0 Å². The molecule has 2 heteroatoms. The molecule has 0 radical (unpaired) electrons. The van der Waals surface area contributed by atoms with Gasteiger partial charge in [-0.05, 0) is 30.5 Å². The van der Waals surface area contributed by atoms with Crippen molar-refractivity contribution in [3.05, 3.63) is 34.9 Å². The number of rotatable bonds is 5. The van der Waals surface area contributed by atoms with Crippen molar-refractivity contribution < 1.29 is 0 Å². The first-order chi connectivity index (χ1) is 6.72. The molecule has 1 unspecified atom stereocenters. The lowest BCUT2D eigenvalue weighted by Crippen LogP contribution is -2.22. The van der Waals surface area contributed by atoms with Gasteiger partial charge in [0.15, 0.2) is 0 Å². The Morgan fingerprint density at radius 1 is 1.29 bits per heavy atom. The smallest absolute Gasteiger partial charge is 0.0406 e. The third kappa shape index (κ3) is 4.12. The Balaban J connectivity index is 2.39. The summed E-state index contributed by atoms with van der Waals surface area (Å²) in [6.45, 7) is 2.19. The molecular formula is C12H18ClN. The Kier molecular flexibility index (Phi) is 4.99. The van der Waals surface area contributed by atoms with Crippen LogP contribution in [0.25, 0.3) is 0 Å². The van der Waals surface area contributed by atoms with E-state index in [9.17, 15) is 0 Å². The molecule has 14 heavy (non-hydrogen) atoms. The van der Waals surface area contributed by atoms with Gasteiger partial charge in [0.25, 0.3) is 0 Å². The Morgan fingerprint density at radius 3 is 2.50 bits per heavy atom. The summed E-state index contributed by atoms with van der Waals surface area (Å²) in [7, 11) is 0. The van der Waals surface area contributed by atoms with Gasteiger partial charge in [0.1, 0.15) is 0 Å². The van der Waals surface area contributed by atoms with Gasteiger partial charge in [-0.1, -0.05) is 43.5 Å². The minimum atomic E-state index is 0.288. The molecule has 1 aromatic carbocycles. The van der Waals surface area contributed by atoms with Crippen LogP contribution in [0, 0.1) is 0 Å². The molecule has 0 aliphatic rings. The fraction of sp³-hybridized carbons (Fsp3) is 0.500. The lowest BCUT2D eigenvalue weighted by atomic mass is 10.0. The highest BCUT2D eigenvalue weighted by molar-refractivity contribution is 6.30. The van der Waals surface area contributed by atoms with Gasteiger partial charge < -0.3 is 5.73 Å². The number of benzene rings is 1. The predicted molar refractivity (Wildman–Crippen MR) is 62.7 cm³/mol. The standard InChI is InChI=1S/C12H18ClN/c1-2-3-4-12(14)9-10-5-7-11(13)8-6-10/h5-8,12H,2-4,9,14H2,1H3. The molecule has 0 aromatic heterocycles. The lowest BCUT2D eigenvalue weighted by Gasteiger charge is -2.10. The van der Waals surface area contributed by atoms with E-state index in [0.29, 0.717) is 0 Å². The molecule has 0 aliphatic heterocycles. The van der Waals surface area contributed by atoms with Gasteiger partial charge >= 0.3 is 0 Å². The molecule has 1 atom stereocenters. The van der Waals surface area contributed by atoms with E-state index in [1.165, 1.54) is 18.4 Å². The van der Waals surface area contributed by atoms with Crippen LogP contribution in [0.1, 0.15) is 31.7 Å². The number of hydrogen-bond acceptors (Lipinski definition) is 1. The second kappa shape index (κ2) is 6.05. The number of unbranched alkanes of at least 4 members (excludes halogenated alkanes) is 1. The second-order valence-electron chi connectivity index (χ2n) is 3.73. The molecule has 2 N–H and O–H groups in total. The first-order valence-corrected chi connectivity index (χ1v) is 5.60. The topological polar surface area (TPSA) is 26.0 Å². The van der Waals surface area contributed by atoms with Crippen LogP contribution < -0.4 is 5.73 Å². The number of halogens is 1. The molecule has 1 nitrogen and oxygen atoms in total. The number of nitrogens with two attached hydrogens (primary N) is 1. The summed E-state index contributed by atoms with van der Waals surface area (Å²) in [6.07, 6.45) is 4.50. The second-order valence-corrected chi connectivity index (χ2v) is 4.17. The molecule has 0 amide bonds. The van der Waals surface area contributed by atoms with Crippen molar-refractivity contribution >= 4 is 11.6 Å². The van der Waals surface area contributed by atoms with Gasteiger partial charge in [-0.3, -0.25) is 0 Å². The van der Waals surface area contributed by atoms with Crippen LogP contribution in [0.2, 0.25) is 5.02 Å². The fourth-order valence-corrected chi connectivity index (χ4v) is 1.62. The zero-order valence-electron chi connectivity index (χ0n) is 8.67. The van der Waals surface area contributed by atoms with E-state index in [-0.39, 0.29) is 6.04 Å². The minimum absolute atomic E-state index is 0.288. The van der Waals surface area contributed by atoms with E-state index in [1.807, 2.05) is 24.3 Å².